The maximum Gasteiger partial charge on any atom is 0.245 e. The number of imidazole rings is 1. The molecule has 12 nitrogen and oxygen atoms in total. The number of ether oxygens (including phenoxy) is 1. The van der Waals surface area contributed by atoms with Gasteiger partial charge in [0.05, 0.1) is 47.3 Å². The third-order valence-electron chi connectivity index (χ3n) is 9.20. The quantitative estimate of drug-likeness (QED) is 0.291. The van der Waals surface area contributed by atoms with Crippen LogP contribution in [-0.4, -0.2) is 90.5 Å². The van der Waals surface area contributed by atoms with E-state index in [1.807, 2.05) is 28.5 Å². The van der Waals surface area contributed by atoms with E-state index in [0.29, 0.717) is 59.0 Å². The molecule has 3 atom stereocenters. The highest BCUT2D eigenvalue weighted by Crippen LogP contribution is 2.35. The molecule has 6 aromatic rings. The maximum absolute atomic E-state index is 14.9. The van der Waals surface area contributed by atoms with Crippen molar-refractivity contribution in [2.24, 2.45) is 0 Å². The van der Waals surface area contributed by atoms with Crippen LogP contribution in [0, 0.1) is 24.4 Å². The smallest absolute Gasteiger partial charge is 0.245 e. The van der Waals surface area contributed by atoms with Crippen LogP contribution < -0.4 is 10.2 Å². The van der Waals surface area contributed by atoms with Crippen molar-refractivity contribution in [3.05, 3.63) is 84.3 Å². The average molecular weight is 669 g/mol. The van der Waals surface area contributed by atoms with Gasteiger partial charge in [0.2, 0.25) is 5.91 Å². The van der Waals surface area contributed by atoms with Gasteiger partial charge in [-0.1, -0.05) is 0 Å². The standard InChI is InChI=1S/C34H31F3N10O2/c1-18-6-26-23-8-20(36)10-27-31(23)45(17-40-27)15-22(49-3)14-44(2)34(48)29-11-21(42-30(7-18)43-26)13-46(29)32-24-12-41-47(33(24)39-16-38-32)28-5-4-19(35)9-25(28)37/h4-10,12,16-17,21-22,29H,11,13-15H2,1-3H3,(H,42,43)/t21-,22-,29-/m0/s1. The average Bonchev–Trinajstić information content (AvgIpc) is 3.80. The largest absolute Gasteiger partial charge is 0.378 e. The molecule has 0 unspecified atom stereocenters. The van der Waals surface area contributed by atoms with Gasteiger partial charge in [0, 0.05) is 51.0 Å². The number of likely N-dealkylation sites (N-methyl/N-ethyl adjacent to an activating group) is 1. The number of rotatable bonds is 3. The van der Waals surface area contributed by atoms with Gasteiger partial charge in [-0.3, -0.25) is 4.79 Å². The zero-order valence-electron chi connectivity index (χ0n) is 26.8. The van der Waals surface area contributed by atoms with Crippen LogP contribution in [0.4, 0.5) is 24.8 Å². The number of carbonyl (C=O) groups is 1. The van der Waals surface area contributed by atoms with E-state index in [2.05, 4.69) is 25.4 Å². The second kappa shape index (κ2) is 11.8. The van der Waals surface area contributed by atoms with Crippen molar-refractivity contribution in [2.75, 3.05) is 37.5 Å². The normalized spacial score (nSPS) is 19.7. The first-order valence-corrected chi connectivity index (χ1v) is 15.8. The lowest BCUT2D eigenvalue weighted by Gasteiger charge is -2.30. The van der Waals surface area contributed by atoms with E-state index < -0.39 is 29.6 Å². The van der Waals surface area contributed by atoms with Gasteiger partial charge in [-0.25, -0.2) is 37.8 Å². The van der Waals surface area contributed by atoms with Crippen LogP contribution in [0.15, 0.2) is 61.3 Å². The summed E-state index contributed by atoms with van der Waals surface area (Å²) in [6.45, 7) is 2.92. The number of hydrogen-bond acceptors (Lipinski definition) is 9. The van der Waals surface area contributed by atoms with Gasteiger partial charge in [-0.05, 0) is 49.2 Å². The van der Waals surface area contributed by atoms with E-state index in [4.69, 9.17) is 9.72 Å². The van der Waals surface area contributed by atoms with Gasteiger partial charge in [-0.2, -0.15) is 5.10 Å². The zero-order valence-corrected chi connectivity index (χ0v) is 26.8. The fraction of sp³-hybridized carbons (Fsp3) is 0.294. The highest BCUT2D eigenvalue weighted by atomic mass is 19.1. The second-order valence-corrected chi connectivity index (χ2v) is 12.5. The molecule has 0 spiro atoms. The predicted molar refractivity (Wildman–Crippen MR) is 176 cm³/mol. The van der Waals surface area contributed by atoms with E-state index in [-0.39, 0.29) is 24.2 Å². The van der Waals surface area contributed by atoms with E-state index in [0.717, 1.165) is 23.2 Å². The summed E-state index contributed by atoms with van der Waals surface area (Å²) in [5.74, 6) is -1.06. The summed E-state index contributed by atoms with van der Waals surface area (Å²) in [6, 6.07) is 9.01. The number of halogens is 3. The number of fused-ring (bicyclic) bond motifs is 6. The van der Waals surface area contributed by atoms with Gasteiger partial charge in [0.15, 0.2) is 11.5 Å². The molecule has 8 rings (SSSR count). The molecule has 1 saturated heterocycles. The Labute approximate surface area is 278 Å². The van der Waals surface area contributed by atoms with E-state index in [1.165, 1.54) is 35.4 Å². The van der Waals surface area contributed by atoms with Gasteiger partial charge < -0.3 is 24.4 Å². The molecule has 49 heavy (non-hydrogen) atoms. The fourth-order valence-corrected chi connectivity index (χ4v) is 6.97. The SMILES string of the molecule is CO[C@H]1CN(C)C(=O)[C@@H]2C[C@@H](CN2c2ncnc3c2cnn3-c2ccc(F)cc2F)Nc2cc(C)cc(n2)-c2cc(F)cc3ncn(c23)C1. The Morgan fingerprint density at radius 2 is 1.84 bits per heavy atom. The molecule has 0 saturated carbocycles. The van der Waals surface area contributed by atoms with Crippen LogP contribution in [0.25, 0.3) is 39.0 Å². The lowest BCUT2D eigenvalue weighted by atomic mass is 10.1. The Morgan fingerprint density at radius 1 is 0.980 bits per heavy atom. The third-order valence-corrected chi connectivity index (χ3v) is 9.20. The van der Waals surface area contributed by atoms with Crippen LogP contribution in [0.5, 0.6) is 0 Å². The van der Waals surface area contributed by atoms with Crippen LogP contribution in [0.1, 0.15) is 12.0 Å². The number of aryl methyl sites for hydroxylation is 1. The first-order chi connectivity index (χ1) is 23.7. The number of aromatic nitrogens is 7. The minimum atomic E-state index is -0.794. The first-order valence-electron chi connectivity index (χ1n) is 15.8. The number of nitrogens with zero attached hydrogens (tertiary/aromatic N) is 9. The molecular weight excluding hydrogens is 637 g/mol. The molecule has 2 aromatic carbocycles. The zero-order chi connectivity index (χ0) is 34.0. The lowest BCUT2D eigenvalue weighted by Crippen LogP contribution is -2.47. The molecule has 4 aromatic heterocycles. The highest BCUT2D eigenvalue weighted by Gasteiger charge is 2.41. The van der Waals surface area contributed by atoms with Crippen molar-refractivity contribution in [3.63, 3.8) is 0 Å². The van der Waals surface area contributed by atoms with Crippen LogP contribution in [0.2, 0.25) is 0 Å². The number of anilines is 2. The van der Waals surface area contributed by atoms with Crippen LogP contribution in [0.3, 0.4) is 0 Å². The van der Waals surface area contributed by atoms with E-state index in [1.54, 1.807) is 25.4 Å². The fourth-order valence-electron chi connectivity index (χ4n) is 6.97. The molecule has 250 valence electrons. The molecule has 0 aliphatic carbocycles. The summed E-state index contributed by atoms with van der Waals surface area (Å²) in [4.78, 5) is 36.2. The molecule has 6 heterocycles. The lowest BCUT2D eigenvalue weighted by molar-refractivity contribution is -0.132. The number of amides is 1. The topological polar surface area (TPSA) is 119 Å². The first kappa shape index (κ1) is 30.7. The number of nitrogens with one attached hydrogen (secondary N) is 1. The molecule has 4 bridgehead atoms. The van der Waals surface area contributed by atoms with E-state index >= 15 is 0 Å². The number of benzene rings is 2. The maximum atomic E-state index is 14.9. The van der Waals surface area contributed by atoms with Gasteiger partial charge in [0.1, 0.15) is 41.3 Å². The summed E-state index contributed by atoms with van der Waals surface area (Å²) >= 11 is 0. The summed E-state index contributed by atoms with van der Waals surface area (Å²) < 4.78 is 52.4. The highest BCUT2D eigenvalue weighted by molar-refractivity contribution is 5.93. The summed E-state index contributed by atoms with van der Waals surface area (Å²) in [6.07, 6.45) is 4.49. The predicted octanol–water partition coefficient (Wildman–Crippen LogP) is 4.50. The molecule has 15 heteroatoms. The molecule has 2 aliphatic heterocycles. The van der Waals surface area contributed by atoms with Crippen molar-refractivity contribution in [1.82, 2.24) is 39.2 Å². The Hall–Kier alpha value is -5.57. The Morgan fingerprint density at radius 3 is 2.65 bits per heavy atom. The van der Waals surface area contributed by atoms with Crippen molar-refractivity contribution in [3.8, 4) is 16.9 Å². The Kier molecular flexibility index (Phi) is 7.43. The van der Waals surface area contributed by atoms with Crippen LogP contribution in [-0.2, 0) is 16.1 Å². The minimum absolute atomic E-state index is 0.0272. The summed E-state index contributed by atoms with van der Waals surface area (Å²) in [5, 5.41) is 8.38. The molecule has 2 aliphatic rings. The van der Waals surface area contributed by atoms with Gasteiger partial charge in [0.25, 0.3) is 0 Å². The van der Waals surface area contributed by atoms with Crippen molar-refractivity contribution >= 4 is 39.6 Å². The van der Waals surface area contributed by atoms with Crippen molar-refractivity contribution in [2.45, 2.75) is 38.1 Å². The van der Waals surface area contributed by atoms with Gasteiger partial charge >= 0.3 is 0 Å². The molecular formula is C34H31F3N10O2. The number of carbonyl (C=O) groups excluding carboxylic acids is 1. The number of pyridine rings is 1. The van der Waals surface area contributed by atoms with Crippen LogP contribution >= 0.6 is 0 Å². The van der Waals surface area contributed by atoms with E-state index in [9.17, 15) is 18.0 Å². The van der Waals surface area contributed by atoms with Crippen molar-refractivity contribution < 1.29 is 22.7 Å². The molecule has 1 N–H and O–H groups in total. The second-order valence-electron chi connectivity index (χ2n) is 12.5. The Balaban J connectivity index is 1.23. The molecule has 0 radical (unpaired) electrons. The monoisotopic (exact) mass is 668 g/mol. The number of hydrogen-bond donors (Lipinski definition) is 1. The summed E-state index contributed by atoms with van der Waals surface area (Å²) in [5.41, 5.74) is 3.63. The van der Waals surface area contributed by atoms with Crippen molar-refractivity contribution in [1.29, 1.82) is 0 Å². The summed E-state index contributed by atoms with van der Waals surface area (Å²) in [7, 11) is 3.32. The minimum Gasteiger partial charge on any atom is -0.378 e. The number of methoxy groups -OCH3 is 1. The molecule has 1 amide bonds. The Bertz CT molecular complexity index is 2260. The third kappa shape index (κ3) is 5.39. The van der Waals surface area contributed by atoms with Gasteiger partial charge in [-0.15, -0.1) is 0 Å². The molecule has 1 fully saturated rings.